The smallest absolute Gasteiger partial charge is 0.329 e. The molecule has 1 aliphatic rings. The van der Waals surface area contributed by atoms with Gasteiger partial charge in [0.25, 0.3) is 0 Å². The summed E-state index contributed by atoms with van der Waals surface area (Å²) < 4.78 is 11.1. The van der Waals surface area contributed by atoms with E-state index in [0.717, 1.165) is 44.9 Å². The number of rotatable bonds is 16. The fraction of sp³-hybridized carbons (Fsp3) is 0.864. The Morgan fingerprint density at radius 3 is 2.39 bits per heavy atom. The van der Waals surface area contributed by atoms with Crippen LogP contribution in [-0.2, 0) is 23.9 Å². The number of cyclic esters (lactones) is 1. The zero-order valence-corrected chi connectivity index (χ0v) is 18.1. The molecule has 0 radical (unpaired) electrons. The second-order valence-electron chi connectivity index (χ2n) is 8.23. The summed E-state index contributed by atoms with van der Waals surface area (Å²) in [6, 6.07) is -0.653. The summed E-state index contributed by atoms with van der Waals surface area (Å²) in [6.45, 7) is 8.03. The van der Waals surface area contributed by atoms with Gasteiger partial charge in [-0.05, 0) is 25.2 Å². The maximum Gasteiger partial charge on any atom is 0.329 e. The molecule has 1 heterocycles. The van der Waals surface area contributed by atoms with Crippen molar-refractivity contribution < 1.29 is 23.9 Å². The van der Waals surface area contributed by atoms with Gasteiger partial charge in [0.1, 0.15) is 18.2 Å². The molecule has 1 fully saturated rings. The van der Waals surface area contributed by atoms with Crippen LogP contribution in [-0.4, -0.2) is 36.6 Å². The van der Waals surface area contributed by atoms with Crippen molar-refractivity contribution in [3.05, 3.63) is 0 Å². The summed E-state index contributed by atoms with van der Waals surface area (Å²) in [6.07, 6.45) is 9.87. The van der Waals surface area contributed by atoms with Gasteiger partial charge >= 0.3 is 11.9 Å². The molecule has 0 spiro atoms. The second-order valence-corrected chi connectivity index (χ2v) is 8.23. The largest absolute Gasteiger partial charge is 0.461 e. The standard InChI is InChI=1S/C22H39NO5/c1-5-7-9-11-13-18-19(28-21(18)25)14-17(12-10-8-6-2)27-22(26)20(16(3)4)23-15-24/h15-20H,5-14H2,1-4H3,(H,23,24)/t17?,18-,19-,20-/m0/s1. The second kappa shape index (κ2) is 13.6. The molecule has 1 saturated heterocycles. The number of nitrogens with one attached hydrogen (secondary N) is 1. The van der Waals surface area contributed by atoms with Crippen molar-refractivity contribution in [1.29, 1.82) is 0 Å². The van der Waals surface area contributed by atoms with E-state index in [0.29, 0.717) is 12.8 Å². The van der Waals surface area contributed by atoms with E-state index in [4.69, 9.17) is 9.47 Å². The predicted octanol–water partition coefficient (Wildman–Crippen LogP) is 4.15. The fourth-order valence-electron chi connectivity index (χ4n) is 3.65. The van der Waals surface area contributed by atoms with E-state index in [2.05, 4.69) is 19.2 Å². The lowest BCUT2D eigenvalue weighted by molar-refractivity contribution is -0.190. The minimum Gasteiger partial charge on any atom is -0.461 e. The van der Waals surface area contributed by atoms with E-state index in [1.807, 2.05) is 13.8 Å². The molecule has 1 unspecified atom stereocenters. The van der Waals surface area contributed by atoms with Crippen molar-refractivity contribution in [1.82, 2.24) is 5.32 Å². The lowest BCUT2D eigenvalue weighted by atomic mass is 9.86. The van der Waals surface area contributed by atoms with Crippen LogP contribution in [0.2, 0.25) is 0 Å². The van der Waals surface area contributed by atoms with Crippen LogP contribution in [0.4, 0.5) is 0 Å². The number of ether oxygens (including phenoxy) is 2. The molecule has 1 N–H and O–H groups in total. The van der Waals surface area contributed by atoms with Crippen LogP contribution in [0.15, 0.2) is 0 Å². The van der Waals surface area contributed by atoms with Crippen LogP contribution in [0.5, 0.6) is 0 Å². The van der Waals surface area contributed by atoms with Gasteiger partial charge in [-0.2, -0.15) is 0 Å². The van der Waals surface area contributed by atoms with Crippen LogP contribution in [0.25, 0.3) is 0 Å². The SMILES string of the molecule is CCCCCC[C@@H]1C(=O)O[C@H]1CC(CCCCC)OC(=O)[C@@H](NC=O)C(C)C. The van der Waals surface area contributed by atoms with Crippen molar-refractivity contribution in [2.45, 2.75) is 110 Å². The molecule has 162 valence electrons. The topological polar surface area (TPSA) is 81.7 Å². The summed E-state index contributed by atoms with van der Waals surface area (Å²) >= 11 is 0. The number of unbranched alkanes of at least 4 members (excludes halogenated alkanes) is 5. The molecule has 0 saturated carbocycles. The lowest BCUT2D eigenvalue weighted by Crippen LogP contribution is -2.48. The highest BCUT2D eigenvalue weighted by Gasteiger charge is 2.43. The molecule has 6 nitrogen and oxygen atoms in total. The van der Waals surface area contributed by atoms with Gasteiger partial charge in [-0.15, -0.1) is 0 Å². The Morgan fingerprint density at radius 2 is 1.82 bits per heavy atom. The Labute approximate surface area is 170 Å². The molecule has 1 rings (SSSR count). The third-order valence-electron chi connectivity index (χ3n) is 5.46. The van der Waals surface area contributed by atoms with E-state index < -0.39 is 12.0 Å². The molecule has 0 aromatic rings. The number of carbonyl (C=O) groups excluding carboxylic acids is 3. The minimum atomic E-state index is -0.653. The van der Waals surface area contributed by atoms with Crippen molar-refractivity contribution >= 4 is 18.3 Å². The van der Waals surface area contributed by atoms with Crippen LogP contribution < -0.4 is 5.32 Å². The van der Waals surface area contributed by atoms with Crippen molar-refractivity contribution in [2.24, 2.45) is 11.8 Å². The maximum absolute atomic E-state index is 12.5. The summed E-state index contributed by atoms with van der Waals surface area (Å²) in [5.74, 6) is -0.656. The molecule has 28 heavy (non-hydrogen) atoms. The molecule has 0 bridgehead atoms. The molecule has 0 aromatic carbocycles. The highest BCUT2D eigenvalue weighted by atomic mass is 16.6. The van der Waals surface area contributed by atoms with Crippen molar-refractivity contribution in [3.8, 4) is 0 Å². The zero-order chi connectivity index (χ0) is 20.9. The highest BCUT2D eigenvalue weighted by molar-refractivity contribution is 5.79. The van der Waals surface area contributed by atoms with Gasteiger partial charge in [0.2, 0.25) is 6.41 Å². The summed E-state index contributed by atoms with van der Waals surface area (Å²) in [4.78, 5) is 35.2. The first-order valence-corrected chi connectivity index (χ1v) is 11.0. The van der Waals surface area contributed by atoms with Crippen LogP contribution in [0.1, 0.15) is 91.9 Å². The Balaban J connectivity index is 2.63. The van der Waals surface area contributed by atoms with Gasteiger partial charge in [-0.3, -0.25) is 9.59 Å². The normalized spacial score (nSPS) is 20.8. The monoisotopic (exact) mass is 397 g/mol. The Bertz CT molecular complexity index is 480. The number of amides is 1. The van der Waals surface area contributed by atoms with Crippen LogP contribution >= 0.6 is 0 Å². The van der Waals surface area contributed by atoms with Crippen molar-refractivity contribution in [2.75, 3.05) is 0 Å². The van der Waals surface area contributed by atoms with E-state index >= 15 is 0 Å². The molecule has 6 heteroatoms. The molecule has 1 amide bonds. The number of esters is 2. The molecule has 0 aliphatic carbocycles. The quantitative estimate of drug-likeness (QED) is 0.240. The first-order valence-electron chi connectivity index (χ1n) is 11.0. The average molecular weight is 398 g/mol. The van der Waals surface area contributed by atoms with Gasteiger partial charge in [-0.1, -0.05) is 66.2 Å². The van der Waals surface area contributed by atoms with Gasteiger partial charge in [0.05, 0.1) is 5.92 Å². The zero-order valence-electron chi connectivity index (χ0n) is 18.1. The molecule has 0 aromatic heterocycles. The number of carbonyl (C=O) groups is 3. The minimum absolute atomic E-state index is 0.0539. The fourth-order valence-corrected chi connectivity index (χ4v) is 3.65. The molecular weight excluding hydrogens is 358 g/mol. The summed E-state index contributed by atoms with van der Waals surface area (Å²) in [5, 5.41) is 2.55. The third-order valence-corrected chi connectivity index (χ3v) is 5.46. The summed E-state index contributed by atoms with van der Waals surface area (Å²) in [7, 11) is 0. The maximum atomic E-state index is 12.5. The van der Waals surface area contributed by atoms with Crippen LogP contribution in [0.3, 0.4) is 0 Å². The Kier molecular flexibility index (Phi) is 11.8. The van der Waals surface area contributed by atoms with Gasteiger partial charge in [-0.25, -0.2) is 4.79 Å². The summed E-state index contributed by atoms with van der Waals surface area (Å²) in [5.41, 5.74) is 0. The lowest BCUT2D eigenvalue weighted by Gasteiger charge is -2.37. The number of hydrogen-bond donors (Lipinski definition) is 1. The van der Waals surface area contributed by atoms with E-state index in [9.17, 15) is 14.4 Å². The van der Waals surface area contributed by atoms with Gasteiger partial charge < -0.3 is 14.8 Å². The molecular formula is C22H39NO5. The molecule has 1 aliphatic heterocycles. The van der Waals surface area contributed by atoms with Gasteiger partial charge in [0.15, 0.2) is 0 Å². The van der Waals surface area contributed by atoms with Crippen molar-refractivity contribution in [3.63, 3.8) is 0 Å². The van der Waals surface area contributed by atoms with E-state index in [-0.39, 0.29) is 30.0 Å². The average Bonchev–Trinajstić information content (AvgIpc) is 2.65. The predicted molar refractivity (Wildman–Crippen MR) is 109 cm³/mol. The third kappa shape index (κ3) is 8.19. The number of hydrogen-bond acceptors (Lipinski definition) is 5. The van der Waals surface area contributed by atoms with Gasteiger partial charge in [0, 0.05) is 6.42 Å². The first kappa shape index (κ1) is 24.4. The highest BCUT2D eigenvalue weighted by Crippen LogP contribution is 2.32. The Hall–Kier alpha value is -1.59. The molecule has 4 atom stereocenters. The first-order chi connectivity index (χ1) is 13.4. The van der Waals surface area contributed by atoms with E-state index in [1.54, 1.807) is 0 Å². The Morgan fingerprint density at radius 1 is 1.14 bits per heavy atom. The van der Waals surface area contributed by atoms with Crippen LogP contribution in [0, 0.1) is 11.8 Å². The van der Waals surface area contributed by atoms with E-state index in [1.165, 1.54) is 12.8 Å².